The molecule has 2 heterocycles. The molecule has 6 heteroatoms. The fraction of sp³-hybridized carbons (Fsp3) is 0.333. The Hall–Kier alpha value is -2.18. The van der Waals surface area contributed by atoms with Gasteiger partial charge in [0.25, 0.3) is 5.56 Å². The Bertz CT molecular complexity index is 863. The summed E-state index contributed by atoms with van der Waals surface area (Å²) < 4.78 is 1.74. The Morgan fingerprint density at radius 1 is 1.43 bits per heavy atom. The third kappa shape index (κ3) is 2.12. The molecular formula is C15H18N4O2. The van der Waals surface area contributed by atoms with Gasteiger partial charge in [-0.1, -0.05) is 6.07 Å². The van der Waals surface area contributed by atoms with Crippen LogP contribution >= 0.6 is 0 Å². The summed E-state index contributed by atoms with van der Waals surface area (Å²) in [4.78, 5) is 12.7. The van der Waals surface area contributed by atoms with Gasteiger partial charge in [-0.2, -0.15) is 5.10 Å². The topological polar surface area (TPSA) is 96.9 Å². The number of hydrogen-bond donors (Lipinski definition) is 3. The van der Waals surface area contributed by atoms with Crippen molar-refractivity contribution in [2.45, 2.75) is 26.5 Å². The maximum atomic E-state index is 12.7. The Balaban J connectivity index is 2.43. The molecule has 21 heavy (non-hydrogen) atoms. The normalized spacial score (nSPS) is 11.6. The molecule has 0 aliphatic carbocycles. The molecule has 0 bridgehead atoms. The zero-order valence-corrected chi connectivity index (χ0v) is 11.9. The quantitative estimate of drug-likeness (QED) is 0.667. The highest BCUT2D eigenvalue weighted by Crippen LogP contribution is 2.24. The second-order valence-corrected chi connectivity index (χ2v) is 5.18. The molecular weight excluding hydrogens is 268 g/mol. The summed E-state index contributed by atoms with van der Waals surface area (Å²) in [6.07, 6.45) is 0.735. The summed E-state index contributed by atoms with van der Waals surface area (Å²) in [5, 5.41) is 17.9. The minimum Gasteiger partial charge on any atom is -0.392 e. The van der Waals surface area contributed by atoms with E-state index in [1.165, 1.54) is 0 Å². The van der Waals surface area contributed by atoms with Crippen LogP contribution in [0.4, 0.5) is 0 Å². The van der Waals surface area contributed by atoms with E-state index in [4.69, 9.17) is 5.73 Å². The highest BCUT2D eigenvalue weighted by Gasteiger charge is 2.15. The minimum absolute atomic E-state index is 0.0389. The first-order valence-corrected chi connectivity index (χ1v) is 6.98. The van der Waals surface area contributed by atoms with Gasteiger partial charge in [0.15, 0.2) is 0 Å². The Labute approximate surface area is 121 Å². The molecule has 0 radical (unpaired) electrons. The lowest BCUT2D eigenvalue weighted by molar-refractivity contribution is 0.282. The number of aliphatic hydroxyl groups excluding tert-OH is 1. The van der Waals surface area contributed by atoms with Gasteiger partial charge in [0.1, 0.15) is 5.52 Å². The van der Waals surface area contributed by atoms with Crippen LogP contribution in [0.5, 0.6) is 0 Å². The lowest BCUT2D eigenvalue weighted by atomic mass is 10.1. The maximum Gasteiger partial charge on any atom is 0.262 e. The van der Waals surface area contributed by atoms with Crippen LogP contribution in [0.2, 0.25) is 0 Å². The maximum absolute atomic E-state index is 12.7. The summed E-state index contributed by atoms with van der Waals surface area (Å²) in [6, 6.07) is 5.57. The van der Waals surface area contributed by atoms with E-state index in [1.54, 1.807) is 4.57 Å². The van der Waals surface area contributed by atoms with Crippen molar-refractivity contribution in [1.82, 2.24) is 14.8 Å². The van der Waals surface area contributed by atoms with Gasteiger partial charge in [-0.25, -0.2) is 0 Å². The molecule has 2 aromatic heterocycles. The number of pyridine rings is 1. The molecule has 0 amide bonds. The lowest BCUT2D eigenvalue weighted by Gasteiger charge is -2.11. The van der Waals surface area contributed by atoms with E-state index < -0.39 is 0 Å². The average Bonchev–Trinajstić information content (AvgIpc) is 2.89. The second kappa shape index (κ2) is 5.31. The SMILES string of the molecule is Cc1[nH]nc2c1c(=O)n(CCCN)c1ccc(CO)cc21. The van der Waals surface area contributed by atoms with E-state index in [2.05, 4.69) is 10.2 Å². The molecule has 0 fully saturated rings. The number of nitrogens with one attached hydrogen (secondary N) is 1. The van der Waals surface area contributed by atoms with Gasteiger partial charge in [0.2, 0.25) is 0 Å². The predicted octanol–water partition coefficient (Wildman–Crippen LogP) is 1.03. The fourth-order valence-corrected chi connectivity index (χ4v) is 2.71. The van der Waals surface area contributed by atoms with Gasteiger partial charge in [-0.15, -0.1) is 0 Å². The summed E-state index contributed by atoms with van der Waals surface area (Å²) >= 11 is 0. The third-order valence-electron chi connectivity index (χ3n) is 3.78. The molecule has 6 nitrogen and oxygen atoms in total. The second-order valence-electron chi connectivity index (χ2n) is 5.18. The number of nitrogens with two attached hydrogens (primary N) is 1. The molecule has 0 atom stereocenters. The van der Waals surface area contributed by atoms with Gasteiger partial charge < -0.3 is 15.4 Å². The van der Waals surface area contributed by atoms with Crippen LogP contribution in [0.1, 0.15) is 17.7 Å². The van der Waals surface area contributed by atoms with E-state index in [0.717, 1.165) is 28.6 Å². The molecule has 0 saturated carbocycles. The third-order valence-corrected chi connectivity index (χ3v) is 3.78. The number of fused-ring (bicyclic) bond motifs is 3. The standard InChI is InChI=1S/C15H18N4O2/c1-9-13-14(18-17-9)11-7-10(8-20)3-4-12(11)19(15(13)21)6-2-5-16/h3-4,7,20H,2,5-6,8,16H2,1H3,(H,17,18). The van der Waals surface area contributed by atoms with Crippen molar-refractivity contribution >= 4 is 21.8 Å². The van der Waals surface area contributed by atoms with Crippen LogP contribution in [0.25, 0.3) is 21.8 Å². The number of H-pyrrole nitrogens is 1. The van der Waals surface area contributed by atoms with Gasteiger partial charge in [0.05, 0.1) is 17.5 Å². The van der Waals surface area contributed by atoms with Crippen LogP contribution in [0, 0.1) is 6.92 Å². The van der Waals surface area contributed by atoms with Crippen LogP contribution in [0.3, 0.4) is 0 Å². The van der Waals surface area contributed by atoms with Gasteiger partial charge in [-0.3, -0.25) is 9.89 Å². The summed E-state index contributed by atoms with van der Waals surface area (Å²) in [5.41, 5.74) is 8.56. The number of nitrogens with zero attached hydrogens (tertiary/aromatic N) is 2. The van der Waals surface area contributed by atoms with Crippen molar-refractivity contribution in [2.75, 3.05) is 6.54 Å². The number of benzene rings is 1. The van der Waals surface area contributed by atoms with Gasteiger partial charge in [-0.05, 0) is 37.6 Å². The van der Waals surface area contributed by atoms with Crippen LogP contribution in [0.15, 0.2) is 23.0 Å². The van der Waals surface area contributed by atoms with Gasteiger partial charge >= 0.3 is 0 Å². The fourth-order valence-electron chi connectivity index (χ4n) is 2.71. The molecule has 110 valence electrons. The van der Waals surface area contributed by atoms with Crippen molar-refractivity contribution in [3.05, 3.63) is 39.8 Å². The van der Waals surface area contributed by atoms with Gasteiger partial charge in [0, 0.05) is 17.6 Å². The summed E-state index contributed by atoms with van der Waals surface area (Å²) in [7, 11) is 0. The first-order chi connectivity index (χ1) is 10.2. The number of aromatic nitrogens is 3. The van der Waals surface area contributed by atoms with Crippen molar-refractivity contribution in [3.8, 4) is 0 Å². The lowest BCUT2D eigenvalue weighted by Crippen LogP contribution is -2.22. The Kier molecular flexibility index (Phi) is 3.48. The van der Waals surface area contributed by atoms with E-state index in [1.807, 2.05) is 25.1 Å². The van der Waals surface area contributed by atoms with Crippen molar-refractivity contribution < 1.29 is 5.11 Å². The molecule has 3 rings (SSSR count). The van der Waals surface area contributed by atoms with E-state index in [9.17, 15) is 9.90 Å². The molecule has 3 aromatic rings. The number of hydrogen-bond acceptors (Lipinski definition) is 4. The van der Waals surface area contributed by atoms with Crippen LogP contribution < -0.4 is 11.3 Å². The molecule has 4 N–H and O–H groups in total. The highest BCUT2D eigenvalue weighted by atomic mass is 16.3. The predicted molar refractivity (Wildman–Crippen MR) is 82.2 cm³/mol. The molecule has 0 aliphatic heterocycles. The number of aliphatic hydroxyl groups is 1. The number of aromatic amines is 1. The Morgan fingerprint density at radius 2 is 2.24 bits per heavy atom. The monoisotopic (exact) mass is 286 g/mol. The molecule has 0 saturated heterocycles. The highest BCUT2D eigenvalue weighted by molar-refractivity contribution is 6.04. The van der Waals surface area contributed by atoms with E-state index in [0.29, 0.717) is 24.0 Å². The summed E-state index contributed by atoms with van der Waals surface area (Å²) in [5.74, 6) is 0. The number of aryl methyl sites for hydroxylation is 2. The van der Waals surface area contributed by atoms with Crippen LogP contribution in [-0.2, 0) is 13.2 Å². The molecule has 1 aromatic carbocycles. The molecule has 0 unspecified atom stereocenters. The van der Waals surface area contributed by atoms with Crippen molar-refractivity contribution in [3.63, 3.8) is 0 Å². The van der Waals surface area contributed by atoms with E-state index >= 15 is 0 Å². The average molecular weight is 286 g/mol. The minimum atomic E-state index is -0.0473. The van der Waals surface area contributed by atoms with Crippen molar-refractivity contribution in [2.24, 2.45) is 5.73 Å². The first-order valence-electron chi connectivity index (χ1n) is 6.98. The smallest absolute Gasteiger partial charge is 0.262 e. The Morgan fingerprint density at radius 3 is 2.95 bits per heavy atom. The largest absolute Gasteiger partial charge is 0.392 e. The zero-order chi connectivity index (χ0) is 15.0. The first kappa shape index (κ1) is 13.8. The molecule has 0 aliphatic rings. The molecule has 0 spiro atoms. The van der Waals surface area contributed by atoms with Crippen molar-refractivity contribution in [1.29, 1.82) is 0 Å². The number of rotatable bonds is 4. The van der Waals surface area contributed by atoms with E-state index in [-0.39, 0.29) is 12.2 Å². The van der Waals surface area contributed by atoms with Crippen LogP contribution in [-0.4, -0.2) is 26.4 Å². The summed E-state index contributed by atoms with van der Waals surface area (Å²) in [6.45, 7) is 2.91. The zero-order valence-electron chi connectivity index (χ0n) is 11.9.